The van der Waals surface area contributed by atoms with Crippen molar-refractivity contribution in [2.45, 2.75) is 67.7 Å². The average molecular weight is 329 g/mol. The number of aliphatic hydroxyl groups excluding tert-OH is 1. The molecule has 0 aliphatic heterocycles. The molecule has 0 unspecified atom stereocenters. The van der Waals surface area contributed by atoms with Crippen molar-refractivity contribution in [3.8, 4) is 0 Å². The van der Waals surface area contributed by atoms with E-state index in [2.05, 4.69) is 52.5 Å². The minimum absolute atomic E-state index is 0.0877. The molecule has 1 rings (SSSR count). The molecule has 134 valence electrons. The molecule has 0 aromatic carbocycles. The summed E-state index contributed by atoms with van der Waals surface area (Å²) in [6.07, 6.45) is 16.0. The Morgan fingerprint density at radius 1 is 1.12 bits per heavy atom. The molecule has 1 N–H and O–H groups in total. The summed E-state index contributed by atoms with van der Waals surface area (Å²) in [5, 5.41) is 9.10. The second-order valence-corrected chi connectivity index (χ2v) is 6.91. The van der Waals surface area contributed by atoms with E-state index in [0.29, 0.717) is 0 Å². The van der Waals surface area contributed by atoms with Crippen molar-refractivity contribution in [1.82, 2.24) is 0 Å². The molecule has 1 aliphatic carbocycles. The van der Waals surface area contributed by atoms with E-state index < -0.39 is 0 Å². The highest BCUT2D eigenvalue weighted by molar-refractivity contribution is 5.37. The number of allylic oxidation sites excluding steroid dienone is 10. The molecule has 0 heterocycles. The normalized spacial score (nSPS) is 18.8. The first-order chi connectivity index (χ1) is 11.2. The molecule has 1 nitrogen and oxygen atoms in total. The van der Waals surface area contributed by atoms with Crippen LogP contribution >= 0.6 is 0 Å². The number of rotatable bonds is 5. The zero-order valence-corrected chi connectivity index (χ0v) is 16.7. The summed E-state index contributed by atoms with van der Waals surface area (Å²) in [5.41, 5.74) is 5.50. The minimum atomic E-state index is 0.0877. The van der Waals surface area contributed by atoms with Crippen LogP contribution in [0.2, 0.25) is 0 Å². The van der Waals surface area contributed by atoms with Crippen LogP contribution in [0.1, 0.15) is 67.7 Å². The van der Waals surface area contributed by atoms with Crippen LogP contribution in [-0.2, 0) is 0 Å². The zero-order chi connectivity index (χ0) is 18.8. The highest BCUT2D eigenvalue weighted by Gasteiger charge is 2.26. The molecule has 0 aromatic heterocycles. The maximum Gasteiger partial charge on any atom is 0.108 e. The van der Waals surface area contributed by atoms with Crippen molar-refractivity contribution in [1.29, 1.82) is 0 Å². The molecule has 0 spiro atoms. The third-order valence-electron chi connectivity index (χ3n) is 4.17. The summed E-state index contributed by atoms with van der Waals surface area (Å²) in [4.78, 5) is 0. The average Bonchev–Trinajstić information content (AvgIpc) is 2.47. The Bertz CT molecular complexity index is 563. The molecule has 0 radical (unpaired) electrons. The van der Waals surface area contributed by atoms with E-state index in [0.717, 1.165) is 5.57 Å². The summed E-state index contributed by atoms with van der Waals surface area (Å²) in [6, 6.07) is 0. The third-order valence-corrected chi connectivity index (χ3v) is 4.17. The molecular formula is C23H36O. The summed E-state index contributed by atoms with van der Waals surface area (Å²) in [6.45, 7) is 18.4. The summed E-state index contributed by atoms with van der Waals surface area (Å²) in [7, 11) is 0. The quantitative estimate of drug-likeness (QED) is 0.406. The second-order valence-electron chi connectivity index (χ2n) is 6.91. The Morgan fingerprint density at radius 2 is 1.75 bits per heavy atom. The van der Waals surface area contributed by atoms with Gasteiger partial charge in [-0.3, -0.25) is 0 Å². The van der Waals surface area contributed by atoms with Gasteiger partial charge in [-0.2, -0.15) is 0 Å². The van der Waals surface area contributed by atoms with Crippen molar-refractivity contribution >= 4 is 0 Å². The molecule has 0 saturated heterocycles. The van der Waals surface area contributed by atoms with E-state index in [4.69, 9.17) is 5.11 Å². The Morgan fingerprint density at radius 3 is 2.29 bits per heavy atom. The lowest BCUT2D eigenvalue weighted by Crippen LogP contribution is -2.19. The van der Waals surface area contributed by atoms with Crippen LogP contribution in [0.25, 0.3) is 0 Å². The lowest BCUT2D eigenvalue weighted by atomic mass is 9.72. The predicted octanol–water partition coefficient (Wildman–Crippen LogP) is 7.62. The first-order valence-corrected chi connectivity index (χ1v) is 9.02. The van der Waals surface area contributed by atoms with Gasteiger partial charge in [0.1, 0.15) is 5.76 Å². The minimum Gasteiger partial charge on any atom is -0.509 e. The molecule has 1 aliphatic rings. The van der Waals surface area contributed by atoms with Gasteiger partial charge in [0.25, 0.3) is 0 Å². The van der Waals surface area contributed by atoms with E-state index in [-0.39, 0.29) is 11.2 Å². The van der Waals surface area contributed by atoms with Gasteiger partial charge in [-0.25, -0.2) is 0 Å². The molecule has 0 atom stereocenters. The summed E-state index contributed by atoms with van der Waals surface area (Å²) >= 11 is 0. The van der Waals surface area contributed by atoms with Gasteiger partial charge < -0.3 is 5.11 Å². The van der Waals surface area contributed by atoms with Crippen molar-refractivity contribution < 1.29 is 5.11 Å². The van der Waals surface area contributed by atoms with E-state index in [1.165, 1.54) is 36.0 Å². The van der Waals surface area contributed by atoms with E-state index >= 15 is 0 Å². The van der Waals surface area contributed by atoms with Crippen molar-refractivity contribution in [2.75, 3.05) is 0 Å². The zero-order valence-electron chi connectivity index (χ0n) is 16.7. The van der Waals surface area contributed by atoms with Crippen LogP contribution < -0.4 is 0 Å². The molecular weight excluding hydrogens is 292 g/mol. The standard InChI is InChI=1S/C21H30O.C2H6/c1-16(9-7-10-17(2)15-19(4)22)12-13-20-18(3)11-8-14-21(20,5)6;1-2/h7,9-10,12-13,15,22H,4,8,11,14H2,1-3,5-6H3;1-2H3/b10-7+,13-12+,16-9+,17-15+;. The molecule has 0 aromatic rings. The van der Waals surface area contributed by atoms with Crippen LogP contribution in [0.4, 0.5) is 0 Å². The number of hydrogen-bond acceptors (Lipinski definition) is 1. The first-order valence-electron chi connectivity index (χ1n) is 9.02. The van der Waals surface area contributed by atoms with Crippen LogP contribution in [0.15, 0.2) is 71.1 Å². The fourth-order valence-electron chi connectivity index (χ4n) is 2.94. The molecule has 0 amide bonds. The molecule has 1 heteroatoms. The Labute approximate surface area is 149 Å². The van der Waals surface area contributed by atoms with Crippen molar-refractivity contribution in [2.24, 2.45) is 5.41 Å². The van der Waals surface area contributed by atoms with Crippen LogP contribution in [0.3, 0.4) is 0 Å². The highest BCUT2D eigenvalue weighted by Crippen LogP contribution is 2.40. The Balaban J connectivity index is 0.00000254. The van der Waals surface area contributed by atoms with Gasteiger partial charge in [0.15, 0.2) is 0 Å². The monoisotopic (exact) mass is 328 g/mol. The molecule has 0 fully saturated rings. The fourth-order valence-corrected chi connectivity index (χ4v) is 2.94. The molecule has 24 heavy (non-hydrogen) atoms. The number of aliphatic hydroxyl groups is 1. The third kappa shape index (κ3) is 8.19. The number of hydrogen-bond donors (Lipinski definition) is 1. The van der Waals surface area contributed by atoms with Crippen LogP contribution in [0.5, 0.6) is 0 Å². The van der Waals surface area contributed by atoms with Gasteiger partial charge in [0, 0.05) is 0 Å². The summed E-state index contributed by atoms with van der Waals surface area (Å²) < 4.78 is 0. The van der Waals surface area contributed by atoms with Gasteiger partial charge in [0.05, 0.1) is 0 Å². The Kier molecular flexibility index (Phi) is 10.1. The van der Waals surface area contributed by atoms with Gasteiger partial charge in [-0.05, 0) is 62.7 Å². The Hall–Kier alpha value is -1.76. The predicted molar refractivity (Wildman–Crippen MR) is 109 cm³/mol. The van der Waals surface area contributed by atoms with Gasteiger partial charge in [0.2, 0.25) is 0 Å². The summed E-state index contributed by atoms with van der Waals surface area (Å²) in [5.74, 6) is 0.0877. The van der Waals surface area contributed by atoms with Crippen molar-refractivity contribution in [3.63, 3.8) is 0 Å². The SMILES string of the molecule is C=C(O)/C=C(C)/C=C/C=C(C)/C=C/C1=C(C)CCCC1(C)C.CC. The lowest BCUT2D eigenvalue weighted by molar-refractivity contribution is 0.377. The fraction of sp³-hybridized carbons (Fsp3) is 0.478. The van der Waals surface area contributed by atoms with E-state index in [1.807, 2.05) is 32.9 Å². The molecule has 0 saturated carbocycles. The topological polar surface area (TPSA) is 20.2 Å². The van der Waals surface area contributed by atoms with Crippen LogP contribution in [0, 0.1) is 5.41 Å². The van der Waals surface area contributed by atoms with Gasteiger partial charge >= 0.3 is 0 Å². The maximum atomic E-state index is 9.10. The lowest BCUT2D eigenvalue weighted by Gasteiger charge is -2.32. The maximum absolute atomic E-state index is 9.10. The highest BCUT2D eigenvalue weighted by atomic mass is 16.3. The van der Waals surface area contributed by atoms with E-state index in [1.54, 1.807) is 6.08 Å². The van der Waals surface area contributed by atoms with Gasteiger partial charge in [-0.1, -0.05) is 75.8 Å². The van der Waals surface area contributed by atoms with Crippen LogP contribution in [-0.4, -0.2) is 5.11 Å². The van der Waals surface area contributed by atoms with Gasteiger partial charge in [-0.15, -0.1) is 0 Å². The van der Waals surface area contributed by atoms with Crippen molar-refractivity contribution in [3.05, 3.63) is 71.1 Å². The second kappa shape index (κ2) is 10.9. The molecule has 0 bridgehead atoms. The smallest absolute Gasteiger partial charge is 0.108 e. The van der Waals surface area contributed by atoms with E-state index in [9.17, 15) is 0 Å². The largest absolute Gasteiger partial charge is 0.509 e. The first kappa shape index (κ1) is 22.2.